The number of hydrogen-bond acceptors (Lipinski definition) is 2. The molecule has 1 atom stereocenters. The number of halogens is 2. The van der Waals surface area contributed by atoms with Crippen molar-refractivity contribution < 1.29 is 9.13 Å². The van der Waals surface area contributed by atoms with E-state index >= 15 is 0 Å². The summed E-state index contributed by atoms with van der Waals surface area (Å²) in [5, 5.41) is 3.21. The molecule has 0 aromatic heterocycles. The van der Waals surface area contributed by atoms with E-state index in [2.05, 4.69) is 21.2 Å². The van der Waals surface area contributed by atoms with Crippen molar-refractivity contribution in [2.24, 2.45) is 0 Å². The highest BCUT2D eigenvalue weighted by Gasteiger charge is 2.11. The molecule has 0 saturated heterocycles. The molecule has 2 nitrogen and oxygen atoms in total. The van der Waals surface area contributed by atoms with Gasteiger partial charge in [-0.25, -0.2) is 4.39 Å². The van der Waals surface area contributed by atoms with Gasteiger partial charge in [0.2, 0.25) is 0 Å². The SMILES string of the molecule is CNC(CCOC)Cc1cccc(F)c1Br. The summed E-state index contributed by atoms with van der Waals surface area (Å²) >= 11 is 3.27. The zero-order valence-electron chi connectivity index (χ0n) is 9.59. The lowest BCUT2D eigenvalue weighted by Gasteiger charge is -2.16. The molecular weight excluding hydrogens is 273 g/mol. The lowest BCUT2D eigenvalue weighted by molar-refractivity contribution is 0.184. The highest BCUT2D eigenvalue weighted by Crippen LogP contribution is 2.22. The molecule has 1 aromatic rings. The first-order chi connectivity index (χ1) is 7.69. The van der Waals surface area contributed by atoms with Gasteiger partial charge in [0.25, 0.3) is 0 Å². The number of methoxy groups -OCH3 is 1. The molecule has 0 aliphatic heterocycles. The van der Waals surface area contributed by atoms with E-state index in [9.17, 15) is 4.39 Å². The average molecular weight is 290 g/mol. The zero-order valence-corrected chi connectivity index (χ0v) is 11.2. The van der Waals surface area contributed by atoms with Crippen LogP contribution < -0.4 is 5.32 Å². The van der Waals surface area contributed by atoms with Crippen LogP contribution in [0.15, 0.2) is 22.7 Å². The summed E-state index contributed by atoms with van der Waals surface area (Å²) in [5.41, 5.74) is 0.982. The standard InChI is InChI=1S/C12H17BrFNO/c1-15-10(6-7-16-2)8-9-4-3-5-11(14)12(9)13/h3-5,10,15H,6-8H2,1-2H3. The number of rotatable bonds is 6. The number of likely N-dealkylation sites (N-methyl/N-ethyl adjacent to an activating group) is 1. The van der Waals surface area contributed by atoms with Gasteiger partial charge >= 0.3 is 0 Å². The molecule has 16 heavy (non-hydrogen) atoms. The Morgan fingerprint density at radius 3 is 2.88 bits per heavy atom. The first kappa shape index (κ1) is 13.6. The molecule has 0 radical (unpaired) electrons. The van der Waals surface area contributed by atoms with Crippen molar-refractivity contribution in [2.75, 3.05) is 20.8 Å². The van der Waals surface area contributed by atoms with Gasteiger partial charge in [0, 0.05) is 19.8 Å². The van der Waals surface area contributed by atoms with Crippen LogP contribution in [0.25, 0.3) is 0 Å². The maximum atomic E-state index is 13.3. The second-order valence-electron chi connectivity index (χ2n) is 3.68. The number of ether oxygens (including phenoxy) is 1. The predicted octanol–water partition coefficient (Wildman–Crippen LogP) is 2.76. The summed E-state index contributed by atoms with van der Waals surface area (Å²) in [7, 11) is 3.60. The maximum Gasteiger partial charge on any atom is 0.137 e. The molecule has 0 amide bonds. The van der Waals surface area contributed by atoms with Gasteiger partial charge in [0.05, 0.1) is 4.47 Å². The fraction of sp³-hybridized carbons (Fsp3) is 0.500. The van der Waals surface area contributed by atoms with E-state index in [0.717, 1.165) is 18.4 Å². The summed E-state index contributed by atoms with van der Waals surface area (Å²) in [6.07, 6.45) is 1.70. The van der Waals surface area contributed by atoms with Gasteiger partial charge in [-0.05, 0) is 47.4 Å². The Morgan fingerprint density at radius 1 is 1.50 bits per heavy atom. The van der Waals surface area contributed by atoms with Crippen LogP contribution >= 0.6 is 15.9 Å². The molecular formula is C12H17BrFNO. The molecule has 0 aliphatic rings. The minimum absolute atomic E-state index is 0.209. The molecule has 0 heterocycles. The molecule has 0 spiro atoms. The average Bonchev–Trinajstić information content (AvgIpc) is 2.30. The van der Waals surface area contributed by atoms with E-state index in [4.69, 9.17) is 4.74 Å². The molecule has 1 unspecified atom stereocenters. The van der Waals surface area contributed by atoms with Gasteiger partial charge in [-0.2, -0.15) is 0 Å². The quantitative estimate of drug-likeness (QED) is 0.870. The zero-order chi connectivity index (χ0) is 12.0. The molecule has 0 saturated carbocycles. The van der Waals surface area contributed by atoms with Crippen molar-refractivity contribution in [3.8, 4) is 0 Å². The Hall–Kier alpha value is -0.450. The fourth-order valence-electron chi connectivity index (χ4n) is 1.58. The Kier molecular flexibility index (Phi) is 5.95. The van der Waals surface area contributed by atoms with E-state index in [1.165, 1.54) is 6.07 Å². The van der Waals surface area contributed by atoms with E-state index in [0.29, 0.717) is 17.1 Å². The Labute approximate surface area is 104 Å². The molecule has 4 heteroatoms. The van der Waals surface area contributed by atoms with Gasteiger partial charge in [0.15, 0.2) is 0 Å². The summed E-state index contributed by atoms with van der Waals surface area (Å²) in [6.45, 7) is 0.707. The molecule has 1 aromatic carbocycles. The van der Waals surface area contributed by atoms with Crippen molar-refractivity contribution in [1.82, 2.24) is 5.32 Å². The molecule has 90 valence electrons. The summed E-state index contributed by atoms with van der Waals surface area (Å²) in [4.78, 5) is 0. The minimum Gasteiger partial charge on any atom is -0.385 e. The van der Waals surface area contributed by atoms with Crippen molar-refractivity contribution in [3.05, 3.63) is 34.1 Å². The van der Waals surface area contributed by atoms with E-state index in [-0.39, 0.29) is 5.82 Å². The largest absolute Gasteiger partial charge is 0.385 e. The second-order valence-corrected chi connectivity index (χ2v) is 4.48. The highest BCUT2D eigenvalue weighted by atomic mass is 79.9. The van der Waals surface area contributed by atoms with Gasteiger partial charge in [-0.15, -0.1) is 0 Å². The number of hydrogen-bond donors (Lipinski definition) is 1. The van der Waals surface area contributed by atoms with Crippen LogP contribution in [0, 0.1) is 5.82 Å². The van der Waals surface area contributed by atoms with Crippen LogP contribution in [0.5, 0.6) is 0 Å². The van der Waals surface area contributed by atoms with E-state index < -0.39 is 0 Å². The number of benzene rings is 1. The van der Waals surface area contributed by atoms with Crippen molar-refractivity contribution in [2.45, 2.75) is 18.9 Å². The second kappa shape index (κ2) is 6.99. The first-order valence-corrected chi connectivity index (χ1v) is 6.07. The molecule has 0 bridgehead atoms. The van der Waals surface area contributed by atoms with Crippen LogP contribution in [-0.2, 0) is 11.2 Å². The minimum atomic E-state index is -0.209. The third-order valence-corrected chi connectivity index (χ3v) is 3.46. The molecule has 1 rings (SSSR count). The lowest BCUT2D eigenvalue weighted by atomic mass is 10.0. The normalized spacial score (nSPS) is 12.8. The molecule has 1 N–H and O–H groups in total. The van der Waals surface area contributed by atoms with Crippen molar-refractivity contribution >= 4 is 15.9 Å². The van der Waals surface area contributed by atoms with Crippen LogP contribution in [0.2, 0.25) is 0 Å². The monoisotopic (exact) mass is 289 g/mol. The van der Waals surface area contributed by atoms with Crippen LogP contribution in [-0.4, -0.2) is 26.8 Å². The highest BCUT2D eigenvalue weighted by molar-refractivity contribution is 9.10. The predicted molar refractivity (Wildman–Crippen MR) is 67.1 cm³/mol. The van der Waals surface area contributed by atoms with Gasteiger partial charge in [-0.3, -0.25) is 0 Å². The summed E-state index contributed by atoms with van der Waals surface area (Å²) < 4.78 is 18.9. The fourth-order valence-corrected chi connectivity index (χ4v) is 2.01. The van der Waals surface area contributed by atoms with Gasteiger partial charge < -0.3 is 10.1 Å². The smallest absolute Gasteiger partial charge is 0.137 e. The number of nitrogens with one attached hydrogen (secondary N) is 1. The molecule has 0 fully saturated rings. The Balaban J connectivity index is 2.66. The Bertz CT molecular complexity index is 333. The van der Waals surface area contributed by atoms with Crippen LogP contribution in [0.4, 0.5) is 4.39 Å². The third kappa shape index (κ3) is 3.85. The summed E-state index contributed by atoms with van der Waals surface area (Å²) in [6, 6.07) is 5.43. The summed E-state index contributed by atoms with van der Waals surface area (Å²) in [5.74, 6) is -0.209. The van der Waals surface area contributed by atoms with E-state index in [1.54, 1.807) is 13.2 Å². The van der Waals surface area contributed by atoms with E-state index in [1.807, 2.05) is 13.1 Å². The lowest BCUT2D eigenvalue weighted by Crippen LogP contribution is -2.29. The van der Waals surface area contributed by atoms with Crippen LogP contribution in [0.3, 0.4) is 0 Å². The Morgan fingerprint density at radius 2 is 2.25 bits per heavy atom. The maximum absolute atomic E-state index is 13.3. The first-order valence-electron chi connectivity index (χ1n) is 5.28. The van der Waals surface area contributed by atoms with Gasteiger partial charge in [0.1, 0.15) is 5.82 Å². The van der Waals surface area contributed by atoms with Crippen molar-refractivity contribution in [1.29, 1.82) is 0 Å². The third-order valence-electron chi connectivity index (χ3n) is 2.58. The molecule has 0 aliphatic carbocycles. The van der Waals surface area contributed by atoms with Crippen LogP contribution in [0.1, 0.15) is 12.0 Å². The van der Waals surface area contributed by atoms with Gasteiger partial charge in [-0.1, -0.05) is 12.1 Å². The topological polar surface area (TPSA) is 21.3 Å². The van der Waals surface area contributed by atoms with Crippen molar-refractivity contribution in [3.63, 3.8) is 0 Å².